The number of aliphatic hydroxyl groups is 1. The van der Waals surface area contributed by atoms with Crippen molar-refractivity contribution in [1.82, 2.24) is 10.2 Å². The standard InChI is InChI=1S/C27H27ClN4O5/c1-15-5-6-18(12-19(15)28)30-23(34)14-27(9-10-27)16-3-2-4-17(11-16)29-20-13-24(35)32(26(20)37)21-7-8-22(33)31-25(21)36/h2-6,11-13,21,26,29,37H,7-10,14H2,1H3,(H,30,34)(H,31,33,36). The van der Waals surface area contributed by atoms with E-state index in [0.29, 0.717) is 22.8 Å². The van der Waals surface area contributed by atoms with Gasteiger partial charge in [-0.3, -0.25) is 29.4 Å². The molecule has 2 atom stereocenters. The molecular weight excluding hydrogens is 496 g/mol. The topological polar surface area (TPSA) is 128 Å². The van der Waals surface area contributed by atoms with Crippen molar-refractivity contribution in [2.45, 2.75) is 56.7 Å². The van der Waals surface area contributed by atoms with Gasteiger partial charge in [0.05, 0.1) is 5.70 Å². The van der Waals surface area contributed by atoms with E-state index >= 15 is 0 Å². The molecule has 37 heavy (non-hydrogen) atoms. The van der Waals surface area contributed by atoms with Gasteiger partial charge in [0.15, 0.2) is 6.23 Å². The molecule has 9 nitrogen and oxygen atoms in total. The van der Waals surface area contributed by atoms with Gasteiger partial charge >= 0.3 is 0 Å². The highest BCUT2D eigenvalue weighted by atomic mass is 35.5. The van der Waals surface area contributed by atoms with Crippen LogP contribution in [0.15, 0.2) is 54.2 Å². The van der Waals surface area contributed by atoms with Crippen LogP contribution >= 0.6 is 11.6 Å². The van der Waals surface area contributed by atoms with Crippen molar-refractivity contribution in [3.8, 4) is 0 Å². The van der Waals surface area contributed by atoms with Crippen LogP contribution in [0.1, 0.15) is 43.2 Å². The van der Waals surface area contributed by atoms with Gasteiger partial charge in [-0.15, -0.1) is 0 Å². The SMILES string of the molecule is Cc1ccc(NC(=O)CC2(c3cccc(NC4=CC(=O)N(C5CCC(=O)NC5=O)C4O)c3)CC2)cc1Cl. The van der Waals surface area contributed by atoms with Crippen molar-refractivity contribution in [3.05, 3.63) is 70.4 Å². The molecule has 2 unspecified atom stereocenters. The van der Waals surface area contributed by atoms with E-state index in [0.717, 1.165) is 28.9 Å². The van der Waals surface area contributed by atoms with E-state index in [1.807, 2.05) is 37.3 Å². The molecule has 1 saturated heterocycles. The predicted molar refractivity (Wildman–Crippen MR) is 138 cm³/mol. The average molecular weight is 523 g/mol. The van der Waals surface area contributed by atoms with Crippen LogP contribution in [-0.2, 0) is 24.6 Å². The van der Waals surface area contributed by atoms with E-state index in [9.17, 15) is 24.3 Å². The minimum atomic E-state index is -1.35. The second kappa shape index (κ2) is 9.64. The highest BCUT2D eigenvalue weighted by Gasteiger charge is 2.46. The van der Waals surface area contributed by atoms with Crippen molar-refractivity contribution < 1.29 is 24.3 Å². The third-order valence-corrected chi connectivity index (χ3v) is 7.60. The van der Waals surface area contributed by atoms with Gasteiger partial charge in [-0.05, 0) is 61.6 Å². The van der Waals surface area contributed by atoms with Gasteiger partial charge < -0.3 is 15.7 Å². The molecule has 4 N–H and O–H groups in total. The number of nitrogens with one attached hydrogen (secondary N) is 3. The maximum atomic E-state index is 12.8. The first-order chi connectivity index (χ1) is 17.6. The number of imide groups is 1. The lowest BCUT2D eigenvalue weighted by molar-refractivity contribution is -0.148. The van der Waals surface area contributed by atoms with E-state index in [1.165, 1.54) is 6.08 Å². The van der Waals surface area contributed by atoms with Crippen LogP contribution < -0.4 is 16.0 Å². The molecule has 3 aliphatic rings. The highest BCUT2D eigenvalue weighted by molar-refractivity contribution is 6.31. The average Bonchev–Trinajstić information content (AvgIpc) is 3.57. The number of hydrogen-bond acceptors (Lipinski definition) is 6. The quantitative estimate of drug-likeness (QED) is 0.414. The summed E-state index contributed by atoms with van der Waals surface area (Å²) in [7, 11) is 0. The molecule has 1 aliphatic carbocycles. The maximum Gasteiger partial charge on any atom is 0.251 e. The number of hydrogen-bond donors (Lipinski definition) is 4. The monoisotopic (exact) mass is 522 g/mol. The Kier molecular flexibility index (Phi) is 6.51. The molecule has 192 valence electrons. The Bertz CT molecular complexity index is 1340. The molecule has 2 heterocycles. The van der Waals surface area contributed by atoms with E-state index < -0.39 is 30.0 Å². The molecule has 0 aromatic heterocycles. The van der Waals surface area contributed by atoms with Gasteiger partial charge in [0.1, 0.15) is 6.04 Å². The molecule has 4 amide bonds. The van der Waals surface area contributed by atoms with Crippen molar-refractivity contribution in [3.63, 3.8) is 0 Å². The summed E-state index contributed by atoms with van der Waals surface area (Å²) in [6.07, 6.45) is 2.22. The largest absolute Gasteiger partial charge is 0.368 e. The number of anilines is 2. The number of nitrogens with zero attached hydrogens (tertiary/aromatic N) is 1. The van der Waals surface area contributed by atoms with Gasteiger partial charge in [-0.2, -0.15) is 0 Å². The van der Waals surface area contributed by atoms with Gasteiger partial charge in [-0.1, -0.05) is 29.8 Å². The molecule has 0 spiro atoms. The Morgan fingerprint density at radius 1 is 1.16 bits per heavy atom. The summed E-state index contributed by atoms with van der Waals surface area (Å²) in [4.78, 5) is 50.2. The summed E-state index contributed by atoms with van der Waals surface area (Å²) in [5, 5.41) is 19.6. The Hall–Kier alpha value is -3.69. The second-order valence-corrected chi connectivity index (χ2v) is 10.3. The zero-order chi connectivity index (χ0) is 26.3. The lowest BCUT2D eigenvalue weighted by Gasteiger charge is -2.32. The number of aliphatic hydroxyl groups excluding tert-OH is 1. The second-order valence-electron chi connectivity index (χ2n) is 9.86. The molecular formula is C27H27ClN4O5. The number of amides is 4. The minimum absolute atomic E-state index is 0.102. The first kappa shape index (κ1) is 25.0. The van der Waals surface area contributed by atoms with Gasteiger partial charge in [0.25, 0.3) is 5.91 Å². The number of rotatable bonds is 7. The highest BCUT2D eigenvalue weighted by Crippen LogP contribution is 2.51. The van der Waals surface area contributed by atoms with Crippen LogP contribution in [0.25, 0.3) is 0 Å². The van der Waals surface area contributed by atoms with E-state index in [2.05, 4.69) is 16.0 Å². The van der Waals surface area contributed by atoms with Gasteiger partial charge in [-0.25, -0.2) is 0 Å². The van der Waals surface area contributed by atoms with Crippen LogP contribution in [-0.4, -0.2) is 45.9 Å². The molecule has 2 aromatic carbocycles. The normalized spacial score (nSPS) is 22.4. The number of carbonyl (C=O) groups is 4. The summed E-state index contributed by atoms with van der Waals surface area (Å²) >= 11 is 6.17. The number of halogens is 1. The molecule has 5 rings (SSSR count). The lowest BCUT2D eigenvalue weighted by atomic mass is 9.91. The summed E-state index contributed by atoms with van der Waals surface area (Å²) in [5.41, 5.74) is 3.18. The van der Waals surface area contributed by atoms with Crippen LogP contribution in [0.5, 0.6) is 0 Å². The molecule has 2 aromatic rings. The van der Waals surface area contributed by atoms with Crippen LogP contribution in [0, 0.1) is 6.92 Å². The lowest BCUT2D eigenvalue weighted by Crippen LogP contribution is -2.55. The molecule has 0 bridgehead atoms. The summed E-state index contributed by atoms with van der Waals surface area (Å²) in [5.74, 6) is -1.60. The van der Waals surface area contributed by atoms with Gasteiger partial charge in [0.2, 0.25) is 17.7 Å². The van der Waals surface area contributed by atoms with Crippen molar-refractivity contribution in [2.24, 2.45) is 0 Å². The van der Waals surface area contributed by atoms with E-state index in [4.69, 9.17) is 11.6 Å². The fourth-order valence-electron chi connectivity index (χ4n) is 4.92. The Morgan fingerprint density at radius 3 is 2.65 bits per heavy atom. The Labute approximate surface area is 218 Å². The number of piperidine rings is 1. The molecule has 1 saturated carbocycles. The number of benzene rings is 2. The first-order valence-corrected chi connectivity index (χ1v) is 12.5. The van der Waals surface area contributed by atoms with Crippen molar-refractivity contribution >= 4 is 46.6 Å². The fourth-order valence-corrected chi connectivity index (χ4v) is 5.10. The fraction of sp³-hybridized carbons (Fsp3) is 0.333. The van der Waals surface area contributed by atoms with Crippen LogP contribution in [0.4, 0.5) is 11.4 Å². The summed E-state index contributed by atoms with van der Waals surface area (Å²) in [6.45, 7) is 1.90. The smallest absolute Gasteiger partial charge is 0.251 e. The Balaban J connectivity index is 1.25. The third-order valence-electron chi connectivity index (χ3n) is 7.19. The Morgan fingerprint density at radius 2 is 1.95 bits per heavy atom. The molecule has 2 aliphatic heterocycles. The zero-order valence-electron chi connectivity index (χ0n) is 20.2. The minimum Gasteiger partial charge on any atom is -0.368 e. The first-order valence-electron chi connectivity index (χ1n) is 12.1. The summed E-state index contributed by atoms with van der Waals surface area (Å²) in [6, 6.07) is 12.0. The van der Waals surface area contributed by atoms with Gasteiger partial charge in [0, 0.05) is 40.7 Å². The molecule has 10 heteroatoms. The van der Waals surface area contributed by atoms with Crippen LogP contribution in [0.2, 0.25) is 5.02 Å². The predicted octanol–water partition coefficient (Wildman–Crippen LogP) is 2.97. The number of carbonyl (C=O) groups excluding carboxylic acids is 4. The molecule has 0 radical (unpaired) electrons. The number of aryl methyl sites for hydroxylation is 1. The van der Waals surface area contributed by atoms with E-state index in [1.54, 1.807) is 12.1 Å². The van der Waals surface area contributed by atoms with Crippen LogP contribution in [0.3, 0.4) is 0 Å². The zero-order valence-corrected chi connectivity index (χ0v) is 21.0. The summed E-state index contributed by atoms with van der Waals surface area (Å²) < 4.78 is 0. The van der Waals surface area contributed by atoms with Crippen molar-refractivity contribution in [2.75, 3.05) is 10.6 Å². The van der Waals surface area contributed by atoms with E-state index in [-0.39, 0.29) is 29.9 Å². The third kappa shape index (κ3) is 5.10. The maximum absolute atomic E-state index is 12.8. The molecule has 2 fully saturated rings. The van der Waals surface area contributed by atoms with Crippen molar-refractivity contribution in [1.29, 1.82) is 0 Å².